The number of aliphatic hydroxyl groups is 1. The third-order valence-electron chi connectivity index (χ3n) is 4.30. The lowest BCUT2D eigenvalue weighted by atomic mass is 9.77. The maximum atomic E-state index is 12.3. The molecule has 3 rings (SSSR count). The number of benzene rings is 1. The predicted molar refractivity (Wildman–Crippen MR) is 78.3 cm³/mol. The van der Waals surface area contributed by atoms with Gasteiger partial charge in [0.05, 0.1) is 5.92 Å². The van der Waals surface area contributed by atoms with Gasteiger partial charge in [0.2, 0.25) is 0 Å². The lowest BCUT2D eigenvalue weighted by Gasteiger charge is -2.29. The zero-order valence-electron chi connectivity index (χ0n) is 11.0. The molecule has 2 atom stereocenters. The fraction of sp³-hybridized carbons (Fsp3) is 0.467. The number of rotatable bonds is 1. The van der Waals surface area contributed by atoms with Crippen molar-refractivity contribution >= 4 is 33.3 Å². The van der Waals surface area contributed by atoms with Crippen LogP contribution in [0.5, 0.6) is 0 Å². The number of hydrogen-bond acceptors (Lipinski definition) is 3. The highest BCUT2D eigenvalue weighted by molar-refractivity contribution is 9.10. The molecular weight excluding hydrogens is 322 g/mol. The van der Waals surface area contributed by atoms with Crippen molar-refractivity contribution in [3.05, 3.63) is 28.2 Å². The van der Waals surface area contributed by atoms with Crippen LogP contribution >= 0.6 is 15.9 Å². The zero-order valence-corrected chi connectivity index (χ0v) is 12.6. The number of carbonyl (C=O) groups is 2. The Hall–Kier alpha value is -1.20. The Morgan fingerprint density at radius 1 is 1.25 bits per heavy atom. The summed E-state index contributed by atoms with van der Waals surface area (Å²) in [5.74, 6) is -1.13. The maximum Gasteiger partial charge on any atom is 0.261 e. The SMILES string of the molecule is O=C1CCCCC[C@H]1[C@@]1(O)C(=O)Nc2ccc(Br)cc21. The van der Waals surface area contributed by atoms with Gasteiger partial charge in [0.15, 0.2) is 5.60 Å². The Bertz CT molecular complexity index is 586. The lowest BCUT2D eigenvalue weighted by Crippen LogP contribution is -2.45. The molecule has 0 radical (unpaired) electrons. The van der Waals surface area contributed by atoms with Crippen molar-refractivity contribution in [1.29, 1.82) is 0 Å². The standard InChI is InChI=1S/C15H16BrNO3/c16-9-6-7-12-11(8-9)15(20,14(19)17-12)10-4-2-1-3-5-13(10)18/h6-8,10,20H,1-5H2,(H,17,19)/t10-,15+/m1/s1. The molecule has 0 spiro atoms. The minimum absolute atomic E-state index is 0.00650. The highest BCUT2D eigenvalue weighted by atomic mass is 79.9. The van der Waals surface area contributed by atoms with Gasteiger partial charge in [-0.15, -0.1) is 0 Å². The lowest BCUT2D eigenvalue weighted by molar-refractivity contribution is -0.148. The molecule has 1 aromatic carbocycles. The number of hydrogen-bond donors (Lipinski definition) is 2. The zero-order chi connectivity index (χ0) is 14.3. The molecule has 5 heteroatoms. The van der Waals surface area contributed by atoms with Crippen LogP contribution in [0.15, 0.2) is 22.7 Å². The van der Waals surface area contributed by atoms with E-state index in [9.17, 15) is 14.7 Å². The van der Waals surface area contributed by atoms with Crippen LogP contribution in [0.2, 0.25) is 0 Å². The highest BCUT2D eigenvalue weighted by Crippen LogP contribution is 2.45. The molecule has 0 saturated heterocycles. The van der Waals surface area contributed by atoms with Crippen molar-refractivity contribution in [2.75, 3.05) is 5.32 Å². The second kappa shape index (κ2) is 4.97. The van der Waals surface area contributed by atoms with Gasteiger partial charge in [-0.05, 0) is 31.0 Å². The van der Waals surface area contributed by atoms with Gasteiger partial charge in [0.25, 0.3) is 5.91 Å². The number of carbonyl (C=O) groups excluding carboxylic acids is 2. The first-order valence-electron chi connectivity index (χ1n) is 6.90. The van der Waals surface area contributed by atoms with Gasteiger partial charge in [-0.2, -0.15) is 0 Å². The van der Waals surface area contributed by atoms with E-state index in [0.29, 0.717) is 24.1 Å². The van der Waals surface area contributed by atoms with Crippen LogP contribution in [0.1, 0.15) is 37.7 Å². The number of Topliss-reactive ketones (excluding diaryl/α,β-unsaturated/α-hetero) is 1. The molecule has 2 N–H and O–H groups in total. The second-order valence-corrected chi connectivity index (χ2v) is 6.44. The molecule has 2 aliphatic rings. The molecule has 1 aliphatic carbocycles. The number of anilines is 1. The molecule has 20 heavy (non-hydrogen) atoms. The molecule has 0 bridgehead atoms. The Kier molecular flexibility index (Phi) is 3.42. The van der Waals surface area contributed by atoms with Crippen molar-refractivity contribution in [3.8, 4) is 0 Å². The molecule has 1 heterocycles. The van der Waals surface area contributed by atoms with E-state index in [1.165, 1.54) is 0 Å². The summed E-state index contributed by atoms with van der Waals surface area (Å²) in [6.45, 7) is 0. The predicted octanol–water partition coefficient (Wildman–Crippen LogP) is 2.74. The monoisotopic (exact) mass is 337 g/mol. The van der Waals surface area contributed by atoms with Crippen molar-refractivity contribution in [2.24, 2.45) is 5.92 Å². The minimum atomic E-state index is -1.72. The normalized spacial score (nSPS) is 29.8. The van der Waals surface area contributed by atoms with Crippen LogP contribution in [-0.2, 0) is 15.2 Å². The number of nitrogens with one attached hydrogen (secondary N) is 1. The first kappa shape index (κ1) is 13.8. The maximum absolute atomic E-state index is 12.3. The average molecular weight is 338 g/mol. The van der Waals surface area contributed by atoms with E-state index in [0.717, 1.165) is 23.7 Å². The summed E-state index contributed by atoms with van der Waals surface area (Å²) in [5, 5.41) is 13.7. The Balaban J connectivity index is 2.09. The van der Waals surface area contributed by atoms with Gasteiger partial charge in [-0.3, -0.25) is 9.59 Å². The van der Waals surface area contributed by atoms with Crippen LogP contribution in [-0.4, -0.2) is 16.8 Å². The van der Waals surface area contributed by atoms with Gasteiger partial charge >= 0.3 is 0 Å². The molecule has 1 aromatic rings. The summed E-state index contributed by atoms with van der Waals surface area (Å²) in [7, 11) is 0. The first-order valence-corrected chi connectivity index (χ1v) is 7.69. The number of ketones is 1. The van der Waals surface area contributed by atoms with Gasteiger partial charge < -0.3 is 10.4 Å². The van der Waals surface area contributed by atoms with Gasteiger partial charge in [0.1, 0.15) is 5.78 Å². The first-order chi connectivity index (χ1) is 9.53. The molecule has 0 unspecified atom stereocenters. The van der Waals surface area contributed by atoms with E-state index in [1.807, 2.05) is 0 Å². The molecule has 0 aromatic heterocycles. The van der Waals surface area contributed by atoms with Crippen molar-refractivity contribution in [2.45, 2.75) is 37.7 Å². The summed E-state index contributed by atoms with van der Waals surface area (Å²) >= 11 is 3.36. The fourth-order valence-electron chi connectivity index (χ4n) is 3.23. The van der Waals surface area contributed by atoms with Crippen molar-refractivity contribution in [1.82, 2.24) is 0 Å². The van der Waals surface area contributed by atoms with E-state index in [4.69, 9.17) is 0 Å². The molecular formula is C15H16BrNO3. The summed E-state index contributed by atoms with van der Waals surface area (Å²) < 4.78 is 0.784. The van der Waals surface area contributed by atoms with Crippen molar-refractivity contribution < 1.29 is 14.7 Å². The van der Waals surface area contributed by atoms with Crippen LogP contribution in [0.25, 0.3) is 0 Å². The van der Waals surface area contributed by atoms with E-state index < -0.39 is 17.4 Å². The summed E-state index contributed by atoms with van der Waals surface area (Å²) in [5.41, 5.74) is -0.615. The summed E-state index contributed by atoms with van der Waals surface area (Å²) in [6, 6.07) is 5.28. The van der Waals surface area contributed by atoms with E-state index in [2.05, 4.69) is 21.2 Å². The molecule has 1 saturated carbocycles. The van der Waals surface area contributed by atoms with Gasteiger partial charge in [0, 0.05) is 22.1 Å². The topological polar surface area (TPSA) is 66.4 Å². The molecule has 1 fully saturated rings. The average Bonchev–Trinajstić information content (AvgIpc) is 2.57. The van der Waals surface area contributed by atoms with Crippen LogP contribution in [0.3, 0.4) is 0 Å². The van der Waals surface area contributed by atoms with E-state index >= 15 is 0 Å². The third kappa shape index (κ3) is 2.00. The molecule has 4 nitrogen and oxygen atoms in total. The Labute approximate surface area is 125 Å². The number of halogens is 1. The van der Waals surface area contributed by atoms with E-state index in [1.54, 1.807) is 18.2 Å². The largest absolute Gasteiger partial charge is 0.375 e. The Morgan fingerprint density at radius 3 is 2.85 bits per heavy atom. The minimum Gasteiger partial charge on any atom is -0.375 e. The highest BCUT2D eigenvalue weighted by Gasteiger charge is 2.53. The fourth-order valence-corrected chi connectivity index (χ4v) is 3.59. The molecule has 1 aliphatic heterocycles. The quantitative estimate of drug-likeness (QED) is 0.774. The molecule has 106 valence electrons. The van der Waals surface area contributed by atoms with Crippen LogP contribution in [0, 0.1) is 5.92 Å². The van der Waals surface area contributed by atoms with Crippen molar-refractivity contribution in [3.63, 3.8) is 0 Å². The molecule has 1 amide bonds. The van der Waals surface area contributed by atoms with Crippen LogP contribution < -0.4 is 5.32 Å². The third-order valence-corrected chi connectivity index (χ3v) is 4.79. The summed E-state index contributed by atoms with van der Waals surface area (Å²) in [6.07, 6.45) is 3.71. The number of fused-ring (bicyclic) bond motifs is 1. The smallest absolute Gasteiger partial charge is 0.261 e. The van der Waals surface area contributed by atoms with Gasteiger partial charge in [-0.25, -0.2) is 0 Å². The van der Waals surface area contributed by atoms with E-state index in [-0.39, 0.29) is 5.78 Å². The summed E-state index contributed by atoms with van der Waals surface area (Å²) in [4.78, 5) is 24.6. The Morgan fingerprint density at radius 2 is 2.05 bits per heavy atom. The van der Waals surface area contributed by atoms with Crippen LogP contribution in [0.4, 0.5) is 5.69 Å². The second-order valence-electron chi connectivity index (χ2n) is 5.53. The number of amides is 1. The van der Waals surface area contributed by atoms with Gasteiger partial charge in [-0.1, -0.05) is 28.8 Å².